The zero-order valence-electron chi connectivity index (χ0n) is 13.1. The van der Waals surface area contributed by atoms with Gasteiger partial charge in [-0.05, 0) is 37.9 Å². The Labute approximate surface area is 179 Å². The van der Waals surface area contributed by atoms with Crippen LogP contribution in [0.25, 0.3) is 0 Å². The number of carbonyl (C=O) groups excluding carboxylic acids is 3. The molecule has 26 heavy (non-hydrogen) atoms. The summed E-state index contributed by atoms with van der Waals surface area (Å²) >= 11 is 15.0. The molecule has 0 aliphatic rings. The van der Waals surface area contributed by atoms with Gasteiger partial charge in [0.05, 0.1) is 34.5 Å². The molecule has 1 aromatic rings. The van der Waals surface area contributed by atoms with Gasteiger partial charge in [0.2, 0.25) is 0 Å². The molecule has 0 aliphatic heterocycles. The molecule has 0 aromatic heterocycles. The van der Waals surface area contributed by atoms with Crippen molar-refractivity contribution in [2.75, 3.05) is 31.6 Å². The number of amides is 3. The fourth-order valence-electron chi connectivity index (χ4n) is 1.80. The average molecular weight is 580 g/mol. The third-order valence-corrected chi connectivity index (χ3v) is 5.18. The summed E-state index contributed by atoms with van der Waals surface area (Å²) in [5.74, 6) is -1.74. The molecule has 0 bridgehead atoms. The molecule has 0 saturated heterocycles. The van der Waals surface area contributed by atoms with Gasteiger partial charge in [-0.2, -0.15) is 0 Å². The largest absolute Gasteiger partial charge is 0.395 e. The molecule has 144 valence electrons. The monoisotopic (exact) mass is 577 g/mol. The number of hydrogen-bond donors (Lipinski definition) is 5. The molecule has 1 aromatic carbocycles. The van der Waals surface area contributed by atoms with Crippen molar-refractivity contribution in [3.05, 3.63) is 26.1 Å². The molecule has 8 nitrogen and oxygen atoms in total. The van der Waals surface area contributed by atoms with Crippen molar-refractivity contribution in [1.82, 2.24) is 10.6 Å². The molecule has 1 rings (SSSR count). The second-order valence-electron chi connectivity index (χ2n) is 4.72. The summed E-state index contributed by atoms with van der Waals surface area (Å²) in [6.07, 6.45) is 0. The van der Waals surface area contributed by atoms with E-state index < -0.39 is 22.0 Å². The fraction of sp³-hybridized carbons (Fsp3) is 0.357. The maximum absolute atomic E-state index is 12.4. The minimum atomic E-state index is -1.02. The standard InChI is InChI=1S/C14H15Br3ClN3O5/c15-9-6(12(24)19-1-3-22)5-7(21-14(26)11(17)18)10(16)8(9)13(25)20-2-4-23/h5,11,22-23H,1-4H2,(H,19,24)(H,20,25)(H,21,26). The number of alkyl halides is 2. The molecule has 0 aliphatic carbocycles. The summed E-state index contributed by atoms with van der Waals surface area (Å²) in [4.78, 5) is 36.6. The number of anilines is 1. The van der Waals surface area contributed by atoms with E-state index in [-0.39, 0.29) is 52.1 Å². The Morgan fingerprint density at radius 2 is 1.58 bits per heavy atom. The summed E-state index contributed by atoms with van der Waals surface area (Å²) in [6.45, 7) is -0.505. The van der Waals surface area contributed by atoms with Gasteiger partial charge in [-0.25, -0.2) is 0 Å². The van der Waals surface area contributed by atoms with Crippen molar-refractivity contribution in [3.8, 4) is 0 Å². The van der Waals surface area contributed by atoms with Crippen LogP contribution in [0.15, 0.2) is 15.0 Å². The van der Waals surface area contributed by atoms with E-state index in [0.29, 0.717) is 0 Å². The first-order valence-corrected chi connectivity index (χ1v) is 10.1. The molecule has 0 radical (unpaired) electrons. The molecule has 12 heteroatoms. The smallest absolute Gasteiger partial charge is 0.253 e. The minimum Gasteiger partial charge on any atom is -0.395 e. The predicted octanol–water partition coefficient (Wildman–Crippen LogP) is 1.55. The number of benzene rings is 1. The van der Waals surface area contributed by atoms with Crippen LogP contribution in [0.5, 0.6) is 0 Å². The number of hydrogen-bond acceptors (Lipinski definition) is 5. The van der Waals surface area contributed by atoms with Gasteiger partial charge in [0.15, 0.2) is 4.29 Å². The number of aliphatic hydroxyl groups is 2. The summed E-state index contributed by atoms with van der Waals surface area (Å²) in [5, 5.41) is 25.2. The molecule has 1 unspecified atom stereocenters. The Morgan fingerprint density at radius 1 is 1.04 bits per heavy atom. The summed E-state index contributed by atoms with van der Waals surface area (Å²) < 4.78 is -0.623. The molecule has 0 saturated carbocycles. The Bertz CT molecular complexity index is 703. The molecular formula is C14H15Br3ClN3O5. The Balaban J connectivity index is 3.43. The van der Waals surface area contributed by atoms with E-state index >= 15 is 0 Å². The first kappa shape index (κ1) is 23.3. The number of nitrogens with one attached hydrogen (secondary N) is 3. The van der Waals surface area contributed by atoms with Gasteiger partial charge in [-0.1, -0.05) is 27.5 Å². The van der Waals surface area contributed by atoms with Crippen LogP contribution in [0, 0.1) is 0 Å². The molecule has 0 spiro atoms. The lowest BCUT2D eigenvalue weighted by Crippen LogP contribution is -2.30. The van der Waals surface area contributed by atoms with Gasteiger partial charge >= 0.3 is 0 Å². The van der Waals surface area contributed by atoms with Gasteiger partial charge < -0.3 is 26.2 Å². The van der Waals surface area contributed by atoms with Crippen LogP contribution in [-0.4, -0.2) is 58.5 Å². The van der Waals surface area contributed by atoms with E-state index in [0.717, 1.165) is 0 Å². The lowest BCUT2D eigenvalue weighted by molar-refractivity contribution is -0.114. The lowest BCUT2D eigenvalue weighted by atomic mass is 10.1. The molecule has 1 atom stereocenters. The third kappa shape index (κ3) is 6.17. The van der Waals surface area contributed by atoms with Crippen LogP contribution in [0.4, 0.5) is 5.69 Å². The topological polar surface area (TPSA) is 128 Å². The highest BCUT2D eigenvalue weighted by molar-refractivity contribution is 9.11. The Kier molecular flexibility index (Phi) is 10.0. The lowest BCUT2D eigenvalue weighted by Gasteiger charge is -2.17. The Morgan fingerprint density at radius 3 is 2.08 bits per heavy atom. The predicted molar refractivity (Wildman–Crippen MR) is 108 cm³/mol. The van der Waals surface area contributed by atoms with E-state index in [9.17, 15) is 14.4 Å². The zero-order chi connectivity index (χ0) is 19.9. The molecule has 0 heterocycles. The van der Waals surface area contributed by atoms with Crippen LogP contribution in [-0.2, 0) is 4.79 Å². The highest BCUT2D eigenvalue weighted by Gasteiger charge is 2.25. The normalized spacial score (nSPS) is 11.6. The molecule has 3 amide bonds. The van der Waals surface area contributed by atoms with Crippen molar-refractivity contribution < 1.29 is 24.6 Å². The van der Waals surface area contributed by atoms with E-state index in [1.54, 1.807) is 0 Å². The van der Waals surface area contributed by atoms with Crippen LogP contribution < -0.4 is 16.0 Å². The van der Waals surface area contributed by atoms with Crippen molar-refractivity contribution >= 4 is 82.8 Å². The number of carbonyl (C=O) groups is 3. The maximum Gasteiger partial charge on any atom is 0.253 e. The van der Waals surface area contributed by atoms with Crippen molar-refractivity contribution in [2.24, 2.45) is 0 Å². The highest BCUT2D eigenvalue weighted by atomic mass is 79.9. The summed E-state index contributed by atoms with van der Waals surface area (Å²) in [6, 6.07) is 1.36. The van der Waals surface area contributed by atoms with Crippen LogP contribution in [0.3, 0.4) is 0 Å². The zero-order valence-corrected chi connectivity index (χ0v) is 18.6. The van der Waals surface area contributed by atoms with Crippen LogP contribution >= 0.6 is 59.4 Å². The first-order chi connectivity index (χ1) is 12.2. The SMILES string of the molecule is O=C(NCCO)c1cc(NC(=O)C(Cl)Br)c(Br)c(C(=O)NCCO)c1Br. The molecular weight excluding hydrogens is 565 g/mol. The quantitative estimate of drug-likeness (QED) is 0.299. The minimum absolute atomic E-state index is 0.00545. The second-order valence-corrected chi connectivity index (χ2v) is 8.19. The number of halogens is 4. The van der Waals surface area contributed by atoms with E-state index in [4.69, 9.17) is 21.8 Å². The van der Waals surface area contributed by atoms with Crippen LogP contribution in [0.1, 0.15) is 20.7 Å². The van der Waals surface area contributed by atoms with Gasteiger partial charge in [-0.3, -0.25) is 14.4 Å². The second kappa shape index (κ2) is 11.2. The third-order valence-electron chi connectivity index (χ3n) is 2.92. The van der Waals surface area contributed by atoms with Crippen molar-refractivity contribution in [1.29, 1.82) is 0 Å². The van der Waals surface area contributed by atoms with E-state index in [1.807, 2.05) is 0 Å². The van der Waals surface area contributed by atoms with Crippen molar-refractivity contribution in [3.63, 3.8) is 0 Å². The van der Waals surface area contributed by atoms with E-state index in [1.165, 1.54) is 6.07 Å². The van der Waals surface area contributed by atoms with Gasteiger partial charge in [0.1, 0.15) is 0 Å². The van der Waals surface area contributed by atoms with Gasteiger partial charge in [-0.15, -0.1) is 0 Å². The maximum atomic E-state index is 12.4. The molecule has 5 N–H and O–H groups in total. The average Bonchev–Trinajstić information content (AvgIpc) is 2.59. The molecule has 0 fully saturated rings. The van der Waals surface area contributed by atoms with E-state index in [2.05, 4.69) is 63.7 Å². The van der Waals surface area contributed by atoms with Gasteiger partial charge in [0, 0.05) is 17.6 Å². The fourth-order valence-corrected chi connectivity index (χ4v) is 3.50. The summed E-state index contributed by atoms with van der Waals surface area (Å²) in [7, 11) is 0. The van der Waals surface area contributed by atoms with Crippen LogP contribution in [0.2, 0.25) is 0 Å². The first-order valence-electron chi connectivity index (χ1n) is 7.13. The number of rotatable bonds is 8. The number of aliphatic hydroxyl groups excluding tert-OH is 2. The Hall–Kier alpha value is -0.720. The van der Waals surface area contributed by atoms with Gasteiger partial charge in [0.25, 0.3) is 17.7 Å². The highest BCUT2D eigenvalue weighted by Crippen LogP contribution is 2.36. The van der Waals surface area contributed by atoms with Crippen molar-refractivity contribution in [2.45, 2.75) is 4.29 Å². The summed E-state index contributed by atoms with van der Waals surface area (Å²) in [5.41, 5.74) is 0.254.